The average molecular weight is 383 g/mol. The minimum Gasteiger partial charge on any atom is -0.326 e. The molecule has 0 aliphatic carbocycles. The number of halogens is 5. The zero-order valence-corrected chi connectivity index (χ0v) is 12.2. The normalized spacial score (nSPS) is 11.8. The summed E-state index contributed by atoms with van der Waals surface area (Å²) in [5, 5.41) is 0. The molecule has 0 aliphatic heterocycles. The van der Waals surface area contributed by atoms with E-state index >= 15 is 0 Å². The van der Waals surface area contributed by atoms with Gasteiger partial charge in [-0.15, -0.1) is 0 Å². The largest absolute Gasteiger partial charge is 0.432 e. The molecule has 0 fully saturated rings. The second kappa shape index (κ2) is 5.09. The number of hydrogen-bond donors (Lipinski definition) is 0. The predicted molar refractivity (Wildman–Crippen MR) is 70.4 cm³/mol. The molecule has 1 aromatic heterocycles. The zero-order chi connectivity index (χ0) is 13.3. The van der Waals surface area contributed by atoms with Gasteiger partial charge in [0.15, 0.2) is 0 Å². The lowest BCUT2D eigenvalue weighted by Gasteiger charge is -2.14. The molecule has 0 radical (unpaired) electrons. The van der Waals surface area contributed by atoms with Crippen molar-refractivity contribution < 1.29 is 13.2 Å². The number of benzene rings is 1. The highest BCUT2D eigenvalue weighted by molar-refractivity contribution is 9.11. The summed E-state index contributed by atoms with van der Waals surface area (Å²) in [6, 6.07) is 10.4. The van der Waals surface area contributed by atoms with Crippen LogP contribution in [0.1, 0.15) is 11.3 Å². The van der Waals surface area contributed by atoms with Crippen LogP contribution >= 0.6 is 31.9 Å². The molecule has 18 heavy (non-hydrogen) atoms. The number of aromatic nitrogens is 1. The van der Waals surface area contributed by atoms with E-state index in [9.17, 15) is 13.2 Å². The van der Waals surface area contributed by atoms with E-state index in [4.69, 9.17) is 0 Å². The quantitative estimate of drug-likeness (QED) is 0.682. The molecule has 2 rings (SSSR count). The molecule has 1 heterocycles. The highest BCUT2D eigenvalue weighted by atomic mass is 79.9. The molecule has 96 valence electrons. The second-order valence-electron chi connectivity index (χ2n) is 3.73. The fourth-order valence-electron chi connectivity index (χ4n) is 1.70. The third-order valence-corrected chi connectivity index (χ3v) is 3.71. The van der Waals surface area contributed by atoms with Gasteiger partial charge < -0.3 is 4.57 Å². The number of hydrogen-bond acceptors (Lipinski definition) is 0. The van der Waals surface area contributed by atoms with Gasteiger partial charge in [0.2, 0.25) is 0 Å². The molecule has 0 saturated carbocycles. The summed E-state index contributed by atoms with van der Waals surface area (Å²) in [5.41, 5.74) is 0.130. The van der Waals surface area contributed by atoms with Crippen LogP contribution in [0.2, 0.25) is 0 Å². The zero-order valence-electron chi connectivity index (χ0n) is 9.01. The number of nitrogens with zero attached hydrogens (tertiary/aromatic N) is 1. The lowest BCUT2D eigenvalue weighted by atomic mass is 10.2. The molecular formula is C12H8Br2F3N. The van der Waals surface area contributed by atoms with Crippen LogP contribution in [0.4, 0.5) is 13.2 Å². The van der Waals surface area contributed by atoms with Crippen molar-refractivity contribution in [2.75, 3.05) is 0 Å². The van der Waals surface area contributed by atoms with E-state index in [1.807, 2.05) is 6.07 Å². The molecule has 0 saturated heterocycles. The molecule has 2 aromatic rings. The van der Waals surface area contributed by atoms with Crippen LogP contribution in [-0.4, -0.2) is 4.57 Å². The van der Waals surface area contributed by atoms with Gasteiger partial charge in [-0.05, 0) is 43.5 Å². The Labute approximate surface area is 119 Å². The topological polar surface area (TPSA) is 4.93 Å². The van der Waals surface area contributed by atoms with Crippen molar-refractivity contribution in [2.24, 2.45) is 0 Å². The maximum atomic E-state index is 13.0. The summed E-state index contributed by atoms with van der Waals surface area (Å²) in [7, 11) is 0. The van der Waals surface area contributed by atoms with E-state index in [0.29, 0.717) is 4.60 Å². The van der Waals surface area contributed by atoms with Crippen molar-refractivity contribution in [3.05, 3.63) is 56.7 Å². The maximum absolute atomic E-state index is 13.0. The van der Waals surface area contributed by atoms with Crippen molar-refractivity contribution in [3.8, 4) is 0 Å². The van der Waals surface area contributed by atoms with Crippen LogP contribution in [0.25, 0.3) is 0 Å². The molecule has 0 unspecified atom stereocenters. The molecule has 0 spiro atoms. The molecule has 0 N–H and O–H groups in total. The average Bonchev–Trinajstić information content (AvgIpc) is 2.54. The first-order valence-electron chi connectivity index (χ1n) is 5.05. The first kappa shape index (κ1) is 13.7. The van der Waals surface area contributed by atoms with E-state index in [1.54, 1.807) is 24.3 Å². The van der Waals surface area contributed by atoms with Crippen LogP contribution in [0, 0.1) is 0 Å². The summed E-state index contributed by atoms with van der Waals surface area (Å²) in [4.78, 5) is 0. The van der Waals surface area contributed by atoms with Gasteiger partial charge in [-0.2, -0.15) is 13.2 Å². The van der Waals surface area contributed by atoms with Gasteiger partial charge in [0, 0.05) is 11.0 Å². The fraction of sp³-hybridized carbons (Fsp3) is 0.167. The molecule has 0 aliphatic rings. The fourth-order valence-corrected chi connectivity index (χ4v) is 3.19. The Bertz CT molecular complexity index is 546. The van der Waals surface area contributed by atoms with E-state index in [2.05, 4.69) is 31.9 Å². The molecule has 1 nitrogen and oxygen atoms in total. The first-order chi connectivity index (χ1) is 8.39. The van der Waals surface area contributed by atoms with Crippen LogP contribution < -0.4 is 0 Å². The Balaban J connectivity index is 2.45. The highest BCUT2D eigenvalue weighted by Gasteiger charge is 2.37. The smallest absolute Gasteiger partial charge is 0.326 e. The summed E-state index contributed by atoms with van der Waals surface area (Å²) in [6.45, 7) is 0.169. The van der Waals surface area contributed by atoms with Crippen molar-refractivity contribution in [3.63, 3.8) is 0 Å². The molecular weight excluding hydrogens is 375 g/mol. The van der Waals surface area contributed by atoms with Crippen LogP contribution in [0.3, 0.4) is 0 Å². The van der Waals surface area contributed by atoms with Gasteiger partial charge in [0.25, 0.3) is 0 Å². The molecule has 0 amide bonds. The van der Waals surface area contributed by atoms with Gasteiger partial charge in [0.1, 0.15) is 5.69 Å². The summed E-state index contributed by atoms with van der Waals surface area (Å²) < 4.78 is 40.5. The van der Waals surface area contributed by atoms with Gasteiger partial charge in [0.05, 0.1) is 4.60 Å². The predicted octanol–water partition coefficient (Wildman–Crippen LogP) is 5.08. The summed E-state index contributed by atoms with van der Waals surface area (Å²) >= 11 is 6.10. The lowest BCUT2D eigenvalue weighted by Crippen LogP contribution is -2.15. The van der Waals surface area contributed by atoms with Gasteiger partial charge in [-0.25, -0.2) is 0 Å². The van der Waals surface area contributed by atoms with Crippen LogP contribution in [-0.2, 0) is 12.7 Å². The van der Waals surface area contributed by atoms with Crippen LogP contribution in [0.15, 0.2) is 45.5 Å². The minimum absolute atomic E-state index is 0.0396. The Morgan fingerprint density at radius 1 is 1.06 bits per heavy atom. The maximum Gasteiger partial charge on any atom is 0.432 e. The van der Waals surface area contributed by atoms with Crippen LogP contribution in [0.5, 0.6) is 0 Å². The number of alkyl halides is 3. The number of rotatable bonds is 2. The molecule has 0 bridgehead atoms. The second-order valence-corrected chi connectivity index (χ2v) is 5.40. The lowest BCUT2D eigenvalue weighted by molar-refractivity contribution is -0.144. The molecule has 6 heteroatoms. The minimum atomic E-state index is -4.39. The standard InChI is InChI=1S/C12H8Br2F3N/c13-9-6-10(14)18(11(9)12(15,16)17)7-8-4-2-1-3-5-8/h1-6H,7H2. The Morgan fingerprint density at radius 3 is 2.22 bits per heavy atom. The summed E-state index contributed by atoms with van der Waals surface area (Å²) in [5.74, 6) is 0. The van der Waals surface area contributed by atoms with Crippen molar-refractivity contribution in [1.29, 1.82) is 0 Å². The first-order valence-corrected chi connectivity index (χ1v) is 6.64. The van der Waals surface area contributed by atoms with E-state index in [0.717, 1.165) is 5.56 Å². The third kappa shape index (κ3) is 2.80. The molecule has 1 aromatic carbocycles. The van der Waals surface area contributed by atoms with Crippen molar-refractivity contribution >= 4 is 31.9 Å². The third-order valence-electron chi connectivity index (χ3n) is 2.45. The highest BCUT2D eigenvalue weighted by Crippen LogP contribution is 2.38. The van der Waals surface area contributed by atoms with Crippen molar-refractivity contribution in [2.45, 2.75) is 12.7 Å². The Kier molecular flexibility index (Phi) is 3.87. The molecule has 0 atom stereocenters. The Morgan fingerprint density at radius 2 is 1.67 bits per heavy atom. The van der Waals surface area contributed by atoms with Crippen molar-refractivity contribution in [1.82, 2.24) is 4.57 Å². The van der Waals surface area contributed by atoms with Gasteiger partial charge in [-0.1, -0.05) is 30.3 Å². The van der Waals surface area contributed by atoms with E-state index < -0.39 is 11.9 Å². The monoisotopic (exact) mass is 381 g/mol. The Hall–Kier alpha value is -0.750. The van der Waals surface area contributed by atoms with E-state index in [-0.39, 0.29) is 11.0 Å². The van der Waals surface area contributed by atoms with Gasteiger partial charge >= 0.3 is 6.18 Å². The van der Waals surface area contributed by atoms with E-state index in [1.165, 1.54) is 10.6 Å². The summed E-state index contributed by atoms with van der Waals surface area (Å²) in [6.07, 6.45) is -4.39. The SMILES string of the molecule is FC(F)(F)c1c(Br)cc(Br)n1Cc1ccccc1. The van der Waals surface area contributed by atoms with Gasteiger partial charge in [-0.3, -0.25) is 0 Å².